The number of amides is 2. The van der Waals surface area contributed by atoms with Crippen LogP contribution in [0.15, 0.2) is 36.2 Å². The van der Waals surface area contributed by atoms with Crippen LogP contribution in [-0.4, -0.2) is 62.6 Å². The van der Waals surface area contributed by atoms with Crippen molar-refractivity contribution in [2.75, 3.05) is 32.1 Å². The number of anilines is 1. The van der Waals surface area contributed by atoms with Gasteiger partial charge in [0.05, 0.1) is 13.3 Å². The Labute approximate surface area is 168 Å². The third-order valence-corrected chi connectivity index (χ3v) is 5.09. The molecule has 9 nitrogen and oxygen atoms in total. The molecule has 152 valence electrons. The van der Waals surface area contributed by atoms with E-state index in [1.54, 1.807) is 22.9 Å². The highest BCUT2D eigenvalue weighted by molar-refractivity contribution is 5.98. The SMILES string of the molecule is COc1ccc(-c2cnn(C)c2)c2nc(NC(=O)N3CC=C(CCO)CC3)[nH]c12. The van der Waals surface area contributed by atoms with Gasteiger partial charge in [0, 0.05) is 44.1 Å². The van der Waals surface area contributed by atoms with Crippen LogP contribution in [0.5, 0.6) is 5.75 Å². The molecular weight excluding hydrogens is 372 g/mol. The van der Waals surface area contributed by atoms with E-state index in [4.69, 9.17) is 9.84 Å². The third kappa shape index (κ3) is 3.81. The first-order chi connectivity index (χ1) is 14.1. The molecule has 3 N–H and O–H groups in total. The van der Waals surface area contributed by atoms with Gasteiger partial charge in [0.2, 0.25) is 5.95 Å². The van der Waals surface area contributed by atoms with Crippen molar-refractivity contribution in [2.45, 2.75) is 12.8 Å². The first kappa shape index (κ1) is 19.0. The number of fused-ring (bicyclic) bond motifs is 1. The number of aliphatic hydroxyl groups is 1. The minimum Gasteiger partial charge on any atom is -0.494 e. The fourth-order valence-corrected chi connectivity index (χ4v) is 3.54. The fraction of sp³-hybridized carbons (Fsp3) is 0.350. The maximum Gasteiger partial charge on any atom is 0.324 e. The van der Waals surface area contributed by atoms with Gasteiger partial charge in [-0.3, -0.25) is 10.00 Å². The summed E-state index contributed by atoms with van der Waals surface area (Å²) in [6.45, 7) is 1.27. The Balaban J connectivity index is 1.59. The second-order valence-corrected chi connectivity index (χ2v) is 6.99. The molecule has 29 heavy (non-hydrogen) atoms. The topological polar surface area (TPSA) is 108 Å². The van der Waals surface area contributed by atoms with Crippen molar-refractivity contribution in [3.8, 4) is 16.9 Å². The van der Waals surface area contributed by atoms with Gasteiger partial charge in [-0.1, -0.05) is 11.6 Å². The molecule has 0 bridgehead atoms. The van der Waals surface area contributed by atoms with Crippen LogP contribution in [-0.2, 0) is 7.05 Å². The van der Waals surface area contributed by atoms with Crippen molar-refractivity contribution in [1.82, 2.24) is 24.6 Å². The summed E-state index contributed by atoms with van der Waals surface area (Å²) in [5.74, 6) is 1.01. The van der Waals surface area contributed by atoms with Crippen LogP contribution in [0.25, 0.3) is 22.2 Å². The highest BCUT2D eigenvalue weighted by atomic mass is 16.5. The minimum absolute atomic E-state index is 0.137. The number of carbonyl (C=O) groups excluding carboxylic acids is 1. The summed E-state index contributed by atoms with van der Waals surface area (Å²) >= 11 is 0. The van der Waals surface area contributed by atoms with E-state index in [-0.39, 0.29) is 12.6 Å². The maximum atomic E-state index is 12.7. The Morgan fingerprint density at radius 3 is 2.93 bits per heavy atom. The monoisotopic (exact) mass is 396 g/mol. The molecule has 2 aromatic heterocycles. The van der Waals surface area contributed by atoms with Crippen LogP contribution in [0.1, 0.15) is 12.8 Å². The van der Waals surface area contributed by atoms with Crippen molar-refractivity contribution in [3.05, 3.63) is 36.2 Å². The molecule has 3 heterocycles. The number of aromatic nitrogens is 4. The summed E-state index contributed by atoms with van der Waals surface area (Å²) < 4.78 is 7.18. The number of nitrogens with one attached hydrogen (secondary N) is 2. The van der Waals surface area contributed by atoms with Gasteiger partial charge < -0.3 is 19.7 Å². The lowest BCUT2D eigenvalue weighted by atomic mass is 10.1. The summed E-state index contributed by atoms with van der Waals surface area (Å²) in [7, 11) is 3.46. The normalized spacial score (nSPS) is 14.2. The van der Waals surface area contributed by atoms with Crippen LogP contribution in [0.4, 0.5) is 10.7 Å². The predicted molar refractivity (Wildman–Crippen MR) is 110 cm³/mol. The van der Waals surface area contributed by atoms with Crippen LogP contribution in [0.2, 0.25) is 0 Å². The lowest BCUT2D eigenvalue weighted by Crippen LogP contribution is -2.38. The number of nitrogens with zero attached hydrogens (tertiary/aromatic N) is 4. The zero-order chi connectivity index (χ0) is 20.4. The summed E-state index contributed by atoms with van der Waals surface area (Å²) in [5.41, 5.74) is 4.44. The van der Waals surface area contributed by atoms with Gasteiger partial charge in [0.15, 0.2) is 0 Å². The van der Waals surface area contributed by atoms with Gasteiger partial charge in [-0.15, -0.1) is 0 Å². The number of benzene rings is 1. The molecule has 3 aromatic rings. The predicted octanol–water partition coefficient (Wildman–Crippen LogP) is 2.52. The number of aromatic amines is 1. The standard InChI is InChI=1S/C20H24N6O3/c1-25-12-14(11-21-25)15-3-4-16(29-2)18-17(15)22-19(23-18)24-20(28)26-8-5-13(6-9-26)7-10-27/h3-5,11-12,27H,6-10H2,1-2H3,(H2,22,23,24,28). The van der Waals surface area contributed by atoms with E-state index in [0.717, 1.165) is 17.5 Å². The Morgan fingerprint density at radius 2 is 2.28 bits per heavy atom. The summed E-state index contributed by atoms with van der Waals surface area (Å²) in [5, 5.41) is 16.1. The number of hydrogen-bond donors (Lipinski definition) is 3. The van der Waals surface area contributed by atoms with Gasteiger partial charge in [0.1, 0.15) is 16.8 Å². The molecule has 0 aliphatic carbocycles. The molecule has 1 aliphatic heterocycles. The molecule has 0 unspecified atom stereocenters. The first-order valence-corrected chi connectivity index (χ1v) is 9.49. The molecule has 0 spiro atoms. The van der Waals surface area contributed by atoms with Crippen molar-refractivity contribution < 1.29 is 14.6 Å². The minimum atomic E-state index is -0.217. The van der Waals surface area contributed by atoms with E-state index in [9.17, 15) is 4.79 Å². The number of aryl methyl sites for hydroxylation is 1. The van der Waals surface area contributed by atoms with Gasteiger partial charge in [-0.25, -0.2) is 9.78 Å². The molecule has 4 rings (SSSR count). The number of methoxy groups -OCH3 is 1. The summed E-state index contributed by atoms with van der Waals surface area (Å²) in [4.78, 5) is 22.1. The van der Waals surface area contributed by atoms with E-state index in [2.05, 4.69) is 20.4 Å². The smallest absolute Gasteiger partial charge is 0.324 e. The second kappa shape index (κ2) is 7.96. The highest BCUT2D eigenvalue weighted by Gasteiger charge is 2.20. The van der Waals surface area contributed by atoms with Gasteiger partial charge >= 0.3 is 6.03 Å². The van der Waals surface area contributed by atoms with E-state index >= 15 is 0 Å². The lowest BCUT2D eigenvalue weighted by molar-refractivity contribution is 0.214. The Bertz CT molecular complexity index is 1070. The van der Waals surface area contributed by atoms with Crippen LogP contribution in [0, 0.1) is 0 Å². The molecule has 2 amide bonds. The van der Waals surface area contributed by atoms with Crippen molar-refractivity contribution in [2.24, 2.45) is 7.05 Å². The molecule has 0 saturated carbocycles. The molecule has 0 saturated heterocycles. The number of rotatable bonds is 5. The van der Waals surface area contributed by atoms with E-state index in [1.165, 1.54) is 5.57 Å². The molecule has 0 atom stereocenters. The number of carbonyl (C=O) groups is 1. The highest BCUT2D eigenvalue weighted by Crippen LogP contribution is 2.33. The lowest BCUT2D eigenvalue weighted by Gasteiger charge is -2.26. The summed E-state index contributed by atoms with van der Waals surface area (Å²) in [6, 6.07) is 3.58. The van der Waals surface area contributed by atoms with Crippen LogP contribution in [0.3, 0.4) is 0 Å². The Kier molecular flexibility index (Phi) is 5.22. The van der Waals surface area contributed by atoms with Crippen molar-refractivity contribution >= 4 is 23.0 Å². The molecular formula is C20H24N6O3. The van der Waals surface area contributed by atoms with Crippen LogP contribution < -0.4 is 10.1 Å². The molecule has 9 heteroatoms. The van der Waals surface area contributed by atoms with E-state index in [1.807, 2.05) is 31.5 Å². The molecule has 0 radical (unpaired) electrons. The zero-order valence-corrected chi connectivity index (χ0v) is 16.5. The van der Waals surface area contributed by atoms with Gasteiger partial charge in [0.25, 0.3) is 0 Å². The molecule has 1 aromatic carbocycles. The van der Waals surface area contributed by atoms with E-state index in [0.29, 0.717) is 42.2 Å². The van der Waals surface area contributed by atoms with Gasteiger partial charge in [-0.05, 0) is 25.0 Å². The Hall–Kier alpha value is -3.33. The Morgan fingerprint density at radius 1 is 1.41 bits per heavy atom. The average molecular weight is 396 g/mol. The fourth-order valence-electron chi connectivity index (χ4n) is 3.54. The van der Waals surface area contributed by atoms with E-state index < -0.39 is 0 Å². The first-order valence-electron chi connectivity index (χ1n) is 9.49. The van der Waals surface area contributed by atoms with Crippen molar-refractivity contribution in [1.29, 1.82) is 0 Å². The number of hydrogen-bond acceptors (Lipinski definition) is 5. The number of aliphatic hydroxyl groups excluding tert-OH is 1. The average Bonchev–Trinajstić information content (AvgIpc) is 3.34. The number of urea groups is 1. The second-order valence-electron chi connectivity index (χ2n) is 6.99. The van der Waals surface area contributed by atoms with Crippen LogP contribution >= 0.6 is 0 Å². The largest absolute Gasteiger partial charge is 0.494 e. The zero-order valence-electron chi connectivity index (χ0n) is 16.5. The molecule has 0 fully saturated rings. The summed E-state index contributed by atoms with van der Waals surface area (Å²) in [6.07, 6.45) is 7.13. The quantitative estimate of drug-likeness (QED) is 0.574. The number of H-pyrrole nitrogens is 1. The molecule has 1 aliphatic rings. The third-order valence-electron chi connectivity index (χ3n) is 5.09. The van der Waals surface area contributed by atoms with Gasteiger partial charge in [-0.2, -0.15) is 5.10 Å². The number of imidazole rings is 1. The van der Waals surface area contributed by atoms with Crippen molar-refractivity contribution in [3.63, 3.8) is 0 Å². The maximum absolute atomic E-state index is 12.7. The number of ether oxygens (including phenoxy) is 1.